The Morgan fingerprint density at radius 1 is 1.55 bits per heavy atom. The number of benzene rings is 1. The van der Waals surface area contributed by atoms with E-state index in [0.29, 0.717) is 13.0 Å². The van der Waals surface area contributed by atoms with Gasteiger partial charge in [0, 0.05) is 12.6 Å². The quantitative estimate of drug-likeness (QED) is 0.609. The zero-order valence-electron chi connectivity index (χ0n) is 11.1. The van der Waals surface area contributed by atoms with Crippen LogP contribution in [0.2, 0.25) is 0 Å². The summed E-state index contributed by atoms with van der Waals surface area (Å²) < 4.78 is 18.3. The SMILES string of the molecule is CCCN(CC(=O)O)c1cc(OC)c(F)cc1[N+](=O)[O-]. The van der Waals surface area contributed by atoms with E-state index < -0.39 is 28.9 Å². The first kappa shape index (κ1) is 15.7. The summed E-state index contributed by atoms with van der Waals surface area (Å²) in [5.74, 6) is -2.16. The van der Waals surface area contributed by atoms with Crippen molar-refractivity contribution in [3.05, 3.63) is 28.1 Å². The third kappa shape index (κ3) is 3.56. The Bertz CT molecular complexity index is 521. The van der Waals surface area contributed by atoms with Gasteiger partial charge in [-0.25, -0.2) is 4.39 Å². The molecule has 0 radical (unpaired) electrons. The predicted octanol–water partition coefficient (Wildman–Crippen LogP) is 2.04. The van der Waals surface area contributed by atoms with E-state index in [-0.39, 0.29) is 11.4 Å². The second-order valence-corrected chi connectivity index (χ2v) is 4.05. The lowest BCUT2D eigenvalue weighted by Crippen LogP contribution is -2.31. The second-order valence-electron chi connectivity index (χ2n) is 4.05. The number of anilines is 1. The summed E-state index contributed by atoms with van der Waals surface area (Å²) >= 11 is 0. The van der Waals surface area contributed by atoms with Crippen molar-refractivity contribution in [1.29, 1.82) is 0 Å². The van der Waals surface area contributed by atoms with Gasteiger partial charge in [-0.2, -0.15) is 0 Å². The van der Waals surface area contributed by atoms with Crippen LogP contribution in [0.4, 0.5) is 15.8 Å². The summed E-state index contributed by atoms with van der Waals surface area (Å²) in [7, 11) is 1.23. The minimum atomic E-state index is -1.13. The first-order chi connectivity index (χ1) is 9.40. The summed E-state index contributed by atoms with van der Waals surface area (Å²) in [6.07, 6.45) is 0.587. The number of nitrogens with zero attached hydrogens (tertiary/aromatic N) is 2. The van der Waals surface area contributed by atoms with E-state index in [0.717, 1.165) is 12.1 Å². The van der Waals surface area contributed by atoms with Gasteiger partial charge in [0.2, 0.25) is 0 Å². The topological polar surface area (TPSA) is 92.9 Å². The fraction of sp³-hybridized carbons (Fsp3) is 0.417. The predicted molar refractivity (Wildman–Crippen MR) is 69.7 cm³/mol. The Morgan fingerprint density at radius 2 is 2.20 bits per heavy atom. The van der Waals surface area contributed by atoms with Crippen LogP contribution in [0, 0.1) is 15.9 Å². The van der Waals surface area contributed by atoms with Gasteiger partial charge >= 0.3 is 5.97 Å². The Kier molecular flexibility index (Phi) is 5.24. The summed E-state index contributed by atoms with van der Waals surface area (Å²) in [6, 6.07) is 1.88. The Labute approximate surface area is 114 Å². The molecule has 0 aliphatic rings. The number of carbonyl (C=O) groups is 1. The lowest BCUT2D eigenvalue weighted by atomic mass is 10.2. The number of rotatable bonds is 7. The van der Waals surface area contributed by atoms with Crippen LogP contribution in [0.5, 0.6) is 5.75 Å². The molecule has 0 bridgehead atoms. The van der Waals surface area contributed by atoms with Gasteiger partial charge < -0.3 is 14.7 Å². The van der Waals surface area contributed by atoms with E-state index in [9.17, 15) is 19.3 Å². The number of hydrogen-bond donors (Lipinski definition) is 1. The molecule has 0 fully saturated rings. The highest BCUT2D eigenvalue weighted by atomic mass is 19.1. The fourth-order valence-electron chi connectivity index (χ4n) is 1.81. The number of methoxy groups -OCH3 is 1. The van der Waals surface area contributed by atoms with Crippen LogP contribution >= 0.6 is 0 Å². The molecule has 0 atom stereocenters. The van der Waals surface area contributed by atoms with Gasteiger partial charge in [0.05, 0.1) is 18.1 Å². The molecule has 0 aliphatic carbocycles. The van der Waals surface area contributed by atoms with Crippen LogP contribution < -0.4 is 9.64 Å². The zero-order chi connectivity index (χ0) is 15.3. The molecular formula is C12H15FN2O5. The van der Waals surface area contributed by atoms with Gasteiger partial charge in [0.25, 0.3) is 5.69 Å². The van der Waals surface area contributed by atoms with Gasteiger partial charge in [-0.05, 0) is 6.42 Å². The highest BCUT2D eigenvalue weighted by Crippen LogP contribution is 2.34. The number of halogens is 1. The largest absolute Gasteiger partial charge is 0.494 e. The van der Waals surface area contributed by atoms with Crippen LogP contribution in [0.1, 0.15) is 13.3 Å². The van der Waals surface area contributed by atoms with Crippen LogP contribution in [0.25, 0.3) is 0 Å². The molecular weight excluding hydrogens is 271 g/mol. The van der Waals surface area contributed by atoms with Crippen molar-refractivity contribution < 1.29 is 24.0 Å². The number of carboxylic acids is 1. The Morgan fingerprint density at radius 3 is 2.65 bits per heavy atom. The van der Waals surface area contributed by atoms with Crippen LogP contribution in [0.3, 0.4) is 0 Å². The molecule has 0 aromatic heterocycles. The van der Waals surface area contributed by atoms with Crippen LogP contribution in [-0.4, -0.2) is 36.2 Å². The monoisotopic (exact) mass is 286 g/mol. The van der Waals surface area contributed by atoms with Crippen molar-refractivity contribution in [2.75, 3.05) is 25.1 Å². The van der Waals surface area contributed by atoms with E-state index in [1.165, 1.54) is 12.0 Å². The van der Waals surface area contributed by atoms with Gasteiger partial charge in [-0.15, -0.1) is 0 Å². The number of nitro benzene ring substituents is 1. The molecule has 0 saturated carbocycles. The first-order valence-electron chi connectivity index (χ1n) is 5.89. The van der Waals surface area contributed by atoms with Crippen LogP contribution in [0.15, 0.2) is 12.1 Å². The molecule has 1 N–H and O–H groups in total. The molecule has 0 unspecified atom stereocenters. The molecule has 1 rings (SSSR count). The molecule has 0 heterocycles. The molecule has 0 amide bonds. The Hall–Kier alpha value is -2.38. The summed E-state index contributed by atoms with van der Waals surface area (Å²) in [5, 5.41) is 19.9. The molecule has 0 saturated heterocycles. The molecule has 20 heavy (non-hydrogen) atoms. The Balaban J connectivity index is 3.36. The van der Waals surface area contributed by atoms with Crippen molar-refractivity contribution in [2.45, 2.75) is 13.3 Å². The molecule has 110 valence electrons. The maximum Gasteiger partial charge on any atom is 0.323 e. The molecule has 0 spiro atoms. The zero-order valence-corrected chi connectivity index (χ0v) is 11.1. The standard InChI is InChI=1S/C12H15FN2O5/c1-3-4-14(7-12(16)17)9-6-11(20-2)8(13)5-10(9)15(18)19/h5-6H,3-4,7H2,1-2H3,(H,16,17). The van der Waals surface area contributed by atoms with Crippen molar-refractivity contribution >= 4 is 17.3 Å². The molecule has 0 aliphatic heterocycles. The minimum Gasteiger partial charge on any atom is -0.494 e. The number of aliphatic carboxylic acids is 1. The normalized spacial score (nSPS) is 10.2. The summed E-state index contributed by atoms with van der Waals surface area (Å²) in [5.41, 5.74) is -0.462. The number of carboxylic acid groups (broad SMARTS) is 1. The number of nitro groups is 1. The summed E-state index contributed by atoms with van der Waals surface area (Å²) in [6.45, 7) is 1.69. The van der Waals surface area contributed by atoms with Crippen LogP contribution in [-0.2, 0) is 4.79 Å². The maximum absolute atomic E-state index is 13.5. The van der Waals surface area contributed by atoms with Gasteiger partial charge in [-0.1, -0.05) is 6.92 Å². The van der Waals surface area contributed by atoms with Gasteiger partial charge in [-0.3, -0.25) is 14.9 Å². The number of ether oxygens (including phenoxy) is 1. The van der Waals surface area contributed by atoms with Crippen molar-refractivity contribution in [3.63, 3.8) is 0 Å². The van der Waals surface area contributed by atoms with E-state index in [1.807, 2.05) is 0 Å². The molecule has 1 aromatic rings. The second kappa shape index (κ2) is 6.69. The molecule has 7 nitrogen and oxygen atoms in total. The van der Waals surface area contributed by atoms with E-state index >= 15 is 0 Å². The third-order valence-corrected chi connectivity index (χ3v) is 2.61. The lowest BCUT2D eigenvalue weighted by molar-refractivity contribution is -0.384. The van der Waals surface area contributed by atoms with E-state index in [4.69, 9.17) is 9.84 Å². The molecule has 8 heteroatoms. The highest BCUT2D eigenvalue weighted by molar-refractivity contribution is 5.77. The van der Waals surface area contributed by atoms with E-state index in [1.54, 1.807) is 6.92 Å². The van der Waals surface area contributed by atoms with Gasteiger partial charge in [0.15, 0.2) is 11.6 Å². The van der Waals surface area contributed by atoms with Crippen molar-refractivity contribution in [2.24, 2.45) is 0 Å². The fourth-order valence-corrected chi connectivity index (χ4v) is 1.81. The summed E-state index contributed by atoms with van der Waals surface area (Å²) in [4.78, 5) is 22.4. The van der Waals surface area contributed by atoms with E-state index in [2.05, 4.69) is 0 Å². The average molecular weight is 286 g/mol. The minimum absolute atomic E-state index is 0.0255. The maximum atomic E-state index is 13.5. The van der Waals surface area contributed by atoms with Crippen molar-refractivity contribution in [1.82, 2.24) is 0 Å². The number of hydrogen-bond acceptors (Lipinski definition) is 5. The third-order valence-electron chi connectivity index (χ3n) is 2.61. The van der Waals surface area contributed by atoms with Gasteiger partial charge in [0.1, 0.15) is 12.2 Å². The smallest absolute Gasteiger partial charge is 0.323 e. The average Bonchev–Trinajstić information content (AvgIpc) is 2.37. The molecule has 1 aromatic carbocycles. The lowest BCUT2D eigenvalue weighted by Gasteiger charge is -2.22. The first-order valence-corrected chi connectivity index (χ1v) is 5.89. The van der Waals surface area contributed by atoms with Crippen molar-refractivity contribution in [3.8, 4) is 5.75 Å². The highest BCUT2D eigenvalue weighted by Gasteiger charge is 2.24.